The van der Waals surface area contributed by atoms with Gasteiger partial charge in [-0.1, -0.05) is 24.3 Å². The summed E-state index contributed by atoms with van der Waals surface area (Å²) in [6, 6.07) is 12.8. The zero-order chi connectivity index (χ0) is 24.6. The SMILES string of the molecule is Cc1c(N(Cc2ncc(CC3CC3)cn2)S(=O)(=O)c2ccc(C(=O)O)cc2)ncc2ccccc12. The number of carbonyl (C=O) groups is 1. The first-order valence-corrected chi connectivity index (χ1v) is 12.8. The van der Waals surface area contributed by atoms with Crippen molar-refractivity contribution in [1.82, 2.24) is 15.0 Å². The van der Waals surface area contributed by atoms with E-state index in [1.807, 2.05) is 31.2 Å². The van der Waals surface area contributed by atoms with Gasteiger partial charge in [-0.15, -0.1) is 0 Å². The Balaban J connectivity index is 1.57. The van der Waals surface area contributed by atoms with Gasteiger partial charge in [0, 0.05) is 29.5 Å². The van der Waals surface area contributed by atoms with Crippen molar-refractivity contribution in [3.05, 3.63) is 89.6 Å². The van der Waals surface area contributed by atoms with E-state index in [-0.39, 0.29) is 22.8 Å². The van der Waals surface area contributed by atoms with Crippen molar-refractivity contribution in [3.63, 3.8) is 0 Å². The Hall–Kier alpha value is -3.85. The van der Waals surface area contributed by atoms with E-state index in [9.17, 15) is 18.3 Å². The monoisotopic (exact) mass is 488 g/mol. The van der Waals surface area contributed by atoms with Gasteiger partial charge in [-0.3, -0.25) is 0 Å². The maximum atomic E-state index is 13.8. The summed E-state index contributed by atoms with van der Waals surface area (Å²) < 4.78 is 28.8. The molecule has 2 heterocycles. The predicted octanol–water partition coefficient (Wildman–Crippen LogP) is 4.38. The molecule has 5 rings (SSSR count). The molecule has 0 radical (unpaired) electrons. The number of carboxylic acid groups (broad SMARTS) is 1. The molecule has 0 spiro atoms. The third kappa shape index (κ3) is 4.72. The molecule has 0 aliphatic heterocycles. The molecule has 0 amide bonds. The molecule has 35 heavy (non-hydrogen) atoms. The van der Waals surface area contributed by atoms with Crippen LogP contribution in [0.3, 0.4) is 0 Å². The summed E-state index contributed by atoms with van der Waals surface area (Å²) in [4.78, 5) is 24.6. The molecule has 1 aliphatic carbocycles. The molecule has 1 saturated carbocycles. The molecule has 0 atom stereocenters. The minimum Gasteiger partial charge on any atom is -0.478 e. The van der Waals surface area contributed by atoms with Crippen molar-refractivity contribution in [2.45, 2.75) is 37.6 Å². The van der Waals surface area contributed by atoms with Crippen LogP contribution in [-0.2, 0) is 23.0 Å². The highest BCUT2D eigenvalue weighted by Crippen LogP contribution is 2.33. The number of anilines is 1. The summed E-state index contributed by atoms with van der Waals surface area (Å²) in [5, 5.41) is 11.0. The van der Waals surface area contributed by atoms with Crippen molar-refractivity contribution in [2.75, 3.05) is 4.31 Å². The van der Waals surface area contributed by atoms with Gasteiger partial charge in [-0.25, -0.2) is 32.5 Å². The average Bonchev–Trinajstić information content (AvgIpc) is 3.68. The number of sulfonamides is 1. The quantitative estimate of drug-likeness (QED) is 0.391. The topological polar surface area (TPSA) is 113 Å². The summed E-state index contributed by atoms with van der Waals surface area (Å²) in [5.41, 5.74) is 1.75. The van der Waals surface area contributed by atoms with Crippen LogP contribution in [0, 0.1) is 12.8 Å². The number of aromatic nitrogens is 3. The molecule has 1 N–H and O–H groups in total. The molecule has 4 aromatic rings. The summed E-state index contributed by atoms with van der Waals surface area (Å²) in [5.74, 6) is 0.193. The number of aryl methyl sites for hydroxylation is 1. The lowest BCUT2D eigenvalue weighted by molar-refractivity contribution is 0.0696. The smallest absolute Gasteiger partial charge is 0.335 e. The van der Waals surface area contributed by atoms with Crippen LogP contribution in [0.1, 0.15) is 40.2 Å². The highest BCUT2D eigenvalue weighted by atomic mass is 32.2. The number of nitrogens with zero attached hydrogens (tertiary/aromatic N) is 4. The predicted molar refractivity (Wildman–Crippen MR) is 132 cm³/mol. The lowest BCUT2D eigenvalue weighted by Gasteiger charge is -2.25. The van der Waals surface area contributed by atoms with Crippen LogP contribution >= 0.6 is 0 Å². The van der Waals surface area contributed by atoms with E-state index >= 15 is 0 Å². The van der Waals surface area contributed by atoms with Crippen molar-refractivity contribution < 1.29 is 18.3 Å². The second-order valence-corrected chi connectivity index (χ2v) is 10.7. The van der Waals surface area contributed by atoms with E-state index in [1.54, 1.807) is 18.6 Å². The van der Waals surface area contributed by atoms with Crippen molar-refractivity contribution >= 4 is 32.6 Å². The number of rotatable bonds is 8. The van der Waals surface area contributed by atoms with Gasteiger partial charge in [0.15, 0.2) is 0 Å². The lowest BCUT2D eigenvalue weighted by Crippen LogP contribution is -2.32. The van der Waals surface area contributed by atoms with Crippen molar-refractivity contribution in [2.24, 2.45) is 5.92 Å². The van der Waals surface area contributed by atoms with Gasteiger partial charge in [-0.2, -0.15) is 0 Å². The van der Waals surface area contributed by atoms with E-state index in [0.717, 1.165) is 22.8 Å². The minimum absolute atomic E-state index is 0.00472. The van der Waals surface area contributed by atoms with Crippen LogP contribution in [-0.4, -0.2) is 34.4 Å². The highest BCUT2D eigenvalue weighted by Gasteiger charge is 2.29. The molecule has 9 heteroatoms. The highest BCUT2D eigenvalue weighted by molar-refractivity contribution is 7.92. The molecule has 1 fully saturated rings. The van der Waals surface area contributed by atoms with Gasteiger partial charge in [0.25, 0.3) is 10.0 Å². The van der Waals surface area contributed by atoms with Gasteiger partial charge in [0.2, 0.25) is 0 Å². The summed E-state index contributed by atoms with van der Waals surface area (Å²) in [6.45, 7) is 1.72. The number of fused-ring (bicyclic) bond motifs is 1. The number of hydrogen-bond donors (Lipinski definition) is 1. The van der Waals surface area contributed by atoms with Crippen LogP contribution in [0.25, 0.3) is 10.8 Å². The average molecular weight is 489 g/mol. The number of carboxylic acids is 1. The normalized spacial score (nSPS) is 13.6. The number of pyridine rings is 1. The third-order valence-electron chi connectivity index (χ3n) is 6.22. The molecule has 8 nitrogen and oxygen atoms in total. The van der Waals surface area contributed by atoms with Crippen LogP contribution < -0.4 is 4.31 Å². The Labute approximate surface area is 203 Å². The Morgan fingerprint density at radius 3 is 2.34 bits per heavy atom. The van der Waals surface area contributed by atoms with Gasteiger partial charge >= 0.3 is 5.97 Å². The Kier molecular flexibility index (Phi) is 5.94. The molecule has 2 aromatic heterocycles. The van der Waals surface area contributed by atoms with Gasteiger partial charge in [-0.05, 0) is 67.3 Å². The zero-order valence-corrected chi connectivity index (χ0v) is 19.9. The van der Waals surface area contributed by atoms with Crippen LogP contribution in [0.5, 0.6) is 0 Å². The third-order valence-corrected chi connectivity index (χ3v) is 7.97. The lowest BCUT2D eigenvalue weighted by atomic mass is 10.1. The second kappa shape index (κ2) is 9.07. The molecule has 0 bridgehead atoms. The second-order valence-electron chi connectivity index (χ2n) is 8.79. The molecule has 2 aromatic carbocycles. The number of aromatic carboxylic acids is 1. The molecule has 1 aliphatic rings. The standard InChI is InChI=1S/C26H24N4O4S/c1-17-23-5-3-2-4-21(23)15-29-25(17)30(16-24-27-13-19(14-28-24)12-18-6-7-18)35(33,34)22-10-8-20(9-11-22)26(31)32/h2-5,8-11,13-15,18H,6-7,12,16H2,1H3,(H,31,32). The first-order valence-electron chi connectivity index (χ1n) is 11.3. The molecular formula is C26H24N4O4S. The molecular weight excluding hydrogens is 464 g/mol. The van der Waals surface area contributed by atoms with Crippen molar-refractivity contribution in [3.8, 4) is 0 Å². The summed E-state index contributed by atoms with van der Waals surface area (Å²) in [7, 11) is -4.11. The maximum Gasteiger partial charge on any atom is 0.335 e. The largest absolute Gasteiger partial charge is 0.478 e. The first-order chi connectivity index (χ1) is 16.8. The van der Waals surface area contributed by atoms with Gasteiger partial charge in [0.05, 0.1) is 17.0 Å². The van der Waals surface area contributed by atoms with Gasteiger partial charge in [0.1, 0.15) is 11.6 Å². The van der Waals surface area contributed by atoms with Crippen molar-refractivity contribution in [1.29, 1.82) is 0 Å². The molecule has 0 saturated heterocycles. The van der Waals surface area contributed by atoms with E-state index in [2.05, 4.69) is 15.0 Å². The van der Waals surface area contributed by atoms with Crippen LogP contribution in [0.15, 0.2) is 72.0 Å². The Morgan fingerprint density at radius 1 is 1.00 bits per heavy atom. The van der Waals surface area contributed by atoms with E-state index in [0.29, 0.717) is 17.3 Å². The van der Waals surface area contributed by atoms with E-state index in [4.69, 9.17) is 0 Å². The van der Waals surface area contributed by atoms with Gasteiger partial charge < -0.3 is 5.11 Å². The Bertz CT molecular complexity index is 1500. The van der Waals surface area contributed by atoms with E-state index in [1.165, 1.54) is 41.4 Å². The molecule has 0 unspecified atom stereocenters. The molecule has 178 valence electrons. The summed E-state index contributed by atoms with van der Waals surface area (Å²) >= 11 is 0. The first kappa shape index (κ1) is 22.9. The fraction of sp³-hybridized carbons (Fsp3) is 0.231. The number of benzene rings is 2. The van der Waals surface area contributed by atoms with Crippen LogP contribution in [0.4, 0.5) is 5.82 Å². The fourth-order valence-corrected chi connectivity index (χ4v) is 5.50. The maximum absolute atomic E-state index is 13.8. The minimum atomic E-state index is -4.11. The summed E-state index contributed by atoms with van der Waals surface area (Å²) in [6.07, 6.45) is 8.54. The van der Waals surface area contributed by atoms with Crippen LogP contribution in [0.2, 0.25) is 0 Å². The fourth-order valence-electron chi connectivity index (χ4n) is 4.07. The van der Waals surface area contributed by atoms with E-state index < -0.39 is 16.0 Å². The zero-order valence-electron chi connectivity index (χ0n) is 19.1. The number of hydrogen-bond acceptors (Lipinski definition) is 6. The Morgan fingerprint density at radius 2 is 1.69 bits per heavy atom.